The Hall–Kier alpha value is -3.47. The minimum atomic E-state index is -1.06. The zero-order valence-corrected chi connectivity index (χ0v) is 16.0. The molecule has 2 heterocycles. The van der Waals surface area contributed by atoms with Crippen molar-refractivity contribution in [1.82, 2.24) is 14.5 Å². The molecule has 0 radical (unpaired) electrons. The van der Waals surface area contributed by atoms with Gasteiger partial charge in [0.15, 0.2) is 5.82 Å². The highest BCUT2D eigenvalue weighted by Gasteiger charge is 2.18. The molecule has 4 rings (SSSR count). The summed E-state index contributed by atoms with van der Waals surface area (Å²) in [5, 5.41) is 9.30. The fourth-order valence-corrected chi connectivity index (χ4v) is 3.25. The molecule has 0 unspecified atom stereocenters. The summed E-state index contributed by atoms with van der Waals surface area (Å²) in [6.07, 6.45) is 0. The van der Waals surface area contributed by atoms with Gasteiger partial charge in [-0.1, -0.05) is 51.1 Å². The van der Waals surface area contributed by atoms with Crippen LogP contribution in [-0.4, -0.2) is 25.6 Å². The van der Waals surface area contributed by atoms with Crippen LogP contribution in [0.4, 0.5) is 0 Å². The molecule has 5 nitrogen and oxygen atoms in total. The number of rotatable bonds is 3. The number of hydrogen-bond acceptors (Lipinski definition) is 3. The van der Waals surface area contributed by atoms with Crippen molar-refractivity contribution in [1.29, 1.82) is 0 Å². The van der Waals surface area contributed by atoms with Gasteiger partial charge >= 0.3 is 5.97 Å². The van der Waals surface area contributed by atoms with Crippen LogP contribution in [0.25, 0.3) is 28.2 Å². The number of pyridine rings is 1. The van der Waals surface area contributed by atoms with Gasteiger partial charge in [-0.25, -0.2) is 14.8 Å². The number of carboxylic acid groups (broad SMARTS) is 1. The lowest BCUT2D eigenvalue weighted by molar-refractivity contribution is 0.0690. The zero-order chi connectivity index (χ0) is 19.9. The molecule has 0 fully saturated rings. The minimum absolute atomic E-state index is 0.000753. The highest BCUT2D eigenvalue weighted by molar-refractivity contribution is 5.87. The zero-order valence-electron chi connectivity index (χ0n) is 16.0. The molecule has 0 saturated carbocycles. The Kier molecular flexibility index (Phi) is 4.23. The Morgan fingerprint density at radius 1 is 0.893 bits per heavy atom. The number of para-hydroxylation sites is 2. The Morgan fingerprint density at radius 3 is 2.29 bits per heavy atom. The third kappa shape index (κ3) is 3.16. The molecule has 28 heavy (non-hydrogen) atoms. The van der Waals surface area contributed by atoms with Crippen molar-refractivity contribution in [3.05, 3.63) is 78.0 Å². The molecular weight excluding hydrogens is 350 g/mol. The molecule has 0 aliphatic carbocycles. The van der Waals surface area contributed by atoms with Gasteiger partial charge in [0.1, 0.15) is 11.4 Å². The Bertz CT molecular complexity index is 1170. The second-order valence-electron chi connectivity index (χ2n) is 7.77. The summed E-state index contributed by atoms with van der Waals surface area (Å²) in [7, 11) is 0. The number of aromatic nitrogens is 3. The van der Waals surface area contributed by atoms with Gasteiger partial charge in [-0.15, -0.1) is 0 Å². The topological polar surface area (TPSA) is 68.0 Å². The van der Waals surface area contributed by atoms with Gasteiger partial charge in [0.2, 0.25) is 0 Å². The van der Waals surface area contributed by atoms with Gasteiger partial charge in [0.05, 0.1) is 11.0 Å². The molecule has 0 saturated heterocycles. The smallest absolute Gasteiger partial charge is 0.354 e. The number of fused-ring (bicyclic) bond motifs is 1. The van der Waals surface area contributed by atoms with Crippen LogP contribution in [0.15, 0.2) is 66.7 Å². The molecule has 0 bridgehead atoms. The van der Waals surface area contributed by atoms with Crippen LogP contribution in [0.3, 0.4) is 0 Å². The molecule has 4 aromatic rings. The van der Waals surface area contributed by atoms with Crippen molar-refractivity contribution in [3.63, 3.8) is 0 Å². The van der Waals surface area contributed by atoms with Gasteiger partial charge < -0.3 is 5.11 Å². The van der Waals surface area contributed by atoms with Crippen LogP contribution in [-0.2, 0) is 5.41 Å². The van der Waals surface area contributed by atoms with E-state index in [2.05, 4.69) is 50.0 Å². The number of imidazole rings is 1. The Balaban J connectivity index is 1.94. The second kappa shape index (κ2) is 6.60. The third-order valence-corrected chi connectivity index (χ3v) is 4.75. The maximum absolute atomic E-state index is 11.4. The lowest BCUT2D eigenvalue weighted by atomic mass is 9.87. The molecule has 0 spiro atoms. The predicted octanol–water partition coefficient (Wildman–Crippen LogP) is 5.08. The summed E-state index contributed by atoms with van der Waals surface area (Å²) in [5.41, 5.74) is 4.57. The number of aromatic carboxylic acids is 1. The highest BCUT2D eigenvalue weighted by Crippen LogP contribution is 2.29. The number of carboxylic acids is 1. The summed E-state index contributed by atoms with van der Waals surface area (Å²) in [4.78, 5) is 20.4. The molecule has 140 valence electrons. The van der Waals surface area contributed by atoms with E-state index in [1.165, 1.54) is 11.6 Å². The summed E-state index contributed by atoms with van der Waals surface area (Å²) in [5.74, 6) is -0.438. The van der Waals surface area contributed by atoms with Crippen LogP contribution in [0.5, 0.6) is 0 Å². The molecule has 0 aliphatic heterocycles. The molecule has 0 amide bonds. The molecule has 5 heteroatoms. The van der Waals surface area contributed by atoms with Gasteiger partial charge in [-0.2, -0.15) is 0 Å². The summed E-state index contributed by atoms with van der Waals surface area (Å²) in [6, 6.07) is 21.2. The van der Waals surface area contributed by atoms with Crippen LogP contribution < -0.4 is 0 Å². The van der Waals surface area contributed by atoms with Crippen LogP contribution in [0.2, 0.25) is 0 Å². The molecule has 0 aliphatic rings. The number of benzene rings is 2. The maximum atomic E-state index is 11.4. The van der Waals surface area contributed by atoms with Crippen LogP contribution in [0.1, 0.15) is 36.8 Å². The molecule has 1 N–H and O–H groups in total. The minimum Gasteiger partial charge on any atom is -0.477 e. The van der Waals surface area contributed by atoms with E-state index in [1.807, 2.05) is 28.8 Å². The monoisotopic (exact) mass is 371 g/mol. The van der Waals surface area contributed by atoms with E-state index in [-0.39, 0.29) is 11.1 Å². The fourth-order valence-electron chi connectivity index (χ4n) is 3.25. The van der Waals surface area contributed by atoms with Crippen LogP contribution in [0, 0.1) is 0 Å². The highest BCUT2D eigenvalue weighted by atomic mass is 16.4. The largest absolute Gasteiger partial charge is 0.477 e. The number of nitrogens with zero attached hydrogens (tertiary/aromatic N) is 3. The van der Waals surface area contributed by atoms with Gasteiger partial charge in [-0.3, -0.25) is 4.57 Å². The molecule has 2 aromatic heterocycles. The first-order chi connectivity index (χ1) is 13.3. The lowest BCUT2D eigenvalue weighted by Crippen LogP contribution is -2.11. The van der Waals surface area contributed by atoms with Crippen molar-refractivity contribution in [3.8, 4) is 17.2 Å². The van der Waals surface area contributed by atoms with Gasteiger partial charge in [-0.05, 0) is 47.4 Å². The van der Waals surface area contributed by atoms with E-state index >= 15 is 0 Å². The van der Waals surface area contributed by atoms with Crippen LogP contribution >= 0.6 is 0 Å². The van der Waals surface area contributed by atoms with Crippen molar-refractivity contribution in [2.75, 3.05) is 0 Å². The van der Waals surface area contributed by atoms with Gasteiger partial charge in [0, 0.05) is 5.69 Å². The average Bonchev–Trinajstić information content (AvgIpc) is 3.07. The molecule has 0 atom stereocenters. The second-order valence-corrected chi connectivity index (χ2v) is 7.77. The van der Waals surface area contributed by atoms with E-state index in [4.69, 9.17) is 4.98 Å². The molecular formula is C23H21N3O2. The Labute approximate surface area is 163 Å². The molecule has 2 aromatic carbocycles. The van der Waals surface area contributed by atoms with Crippen molar-refractivity contribution in [2.24, 2.45) is 0 Å². The SMILES string of the molecule is CC(C)(C)c1ccc(-n2c(-c3cccc(C(=O)O)n3)nc3ccccc32)cc1. The average molecular weight is 371 g/mol. The Morgan fingerprint density at radius 2 is 1.61 bits per heavy atom. The first kappa shape index (κ1) is 17.9. The first-order valence-corrected chi connectivity index (χ1v) is 9.14. The lowest BCUT2D eigenvalue weighted by Gasteiger charge is -2.19. The first-order valence-electron chi connectivity index (χ1n) is 9.14. The van der Waals surface area contributed by atoms with E-state index in [9.17, 15) is 9.90 Å². The van der Waals surface area contributed by atoms with Gasteiger partial charge in [0.25, 0.3) is 0 Å². The van der Waals surface area contributed by atoms with Crippen molar-refractivity contribution >= 4 is 17.0 Å². The van der Waals surface area contributed by atoms with E-state index in [1.54, 1.807) is 12.1 Å². The fraction of sp³-hybridized carbons (Fsp3) is 0.174. The maximum Gasteiger partial charge on any atom is 0.354 e. The summed E-state index contributed by atoms with van der Waals surface area (Å²) < 4.78 is 2.02. The number of carbonyl (C=O) groups is 1. The van der Waals surface area contributed by atoms with E-state index in [0.717, 1.165) is 16.7 Å². The third-order valence-electron chi connectivity index (χ3n) is 4.75. The van der Waals surface area contributed by atoms with Crippen molar-refractivity contribution in [2.45, 2.75) is 26.2 Å². The standard InChI is InChI=1S/C23H21N3O2/c1-23(2,3)15-11-13-16(14-12-15)26-20-10-5-4-7-17(20)25-21(26)18-8-6-9-19(24-18)22(27)28/h4-14H,1-3H3,(H,27,28). The normalized spacial score (nSPS) is 11.7. The van der Waals surface area contributed by atoms with Crippen molar-refractivity contribution < 1.29 is 9.90 Å². The van der Waals surface area contributed by atoms with E-state index in [0.29, 0.717) is 11.5 Å². The summed E-state index contributed by atoms with van der Waals surface area (Å²) >= 11 is 0. The number of hydrogen-bond donors (Lipinski definition) is 1. The quantitative estimate of drug-likeness (QED) is 0.545. The summed E-state index contributed by atoms with van der Waals surface area (Å²) in [6.45, 7) is 6.55. The van der Waals surface area contributed by atoms with E-state index < -0.39 is 5.97 Å². The predicted molar refractivity (Wildman–Crippen MR) is 110 cm³/mol.